The number of carbonyl (C=O) groups excluding carboxylic acids is 1. The molecule has 1 aromatic heterocycles. The average molecular weight is 341 g/mol. The van der Waals surface area contributed by atoms with Crippen LogP contribution in [-0.2, 0) is 4.74 Å². The number of nitrogens with zero attached hydrogens (tertiary/aromatic N) is 2. The second-order valence-corrected chi connectivity index (χ2v) is 5.76. The summed E-state index contributed by atoms with van der Waals surface area (Å²) in [6, 6.07) is 11.4. The topological polar surface area (TPSA) is 63.7 Å². The van der Waals surface area contributed by atoms with Gasteiger partial charge in [0, 0.05) is 31.5 Å². The third kappa shape index (κ3) is 4.93. The number of carbonyl (C=O) groups is 1. The molecule has 6 heteroatoms. The Labute approximate surface area is 147 Å². The van der Waals surface area contributed by atoms with Crippen molar-refractivity contribution in [3.8, 4) is 5.75 Å². The Hall–Kier alpha value is -2.60. The molecule has 6 nitrogen and oxygen atoms in total. The fourth-order valence-corrected chi connectivity index (χ4v) is 2.74. The Balaban J connectivity index is 1.48. The fourth-order valence-electron chi connectivity index (χ4n) is 2.74. The Morgan fingerprint density at radius 3 is 2.84 bits per heavy atom. The lowest BCUT2D eigenvalue weighted by atomic mass is 10.1. The van der Waals surface area contributed by atoms with Gasteiger partial charge < -0.3 is 19.7 Å². The minimum Gasteiger partial charge on any atom is -0.492 e. The maximum atomic E-state index is 12.5. The number of hydrogen-bond acceptors (Lipinski definition) is 5. The van der Waals surface area contributed by atoms with Gasteiger partial charge in [-0.15, -0.1) is 0 Å². The average Bonchev–Trinajstić information content (AvgIpc) is 2.69. The maximum Gasteiger partial charge on any atom is 0.253 e. The van der Waals surface area contributed by atoms with Crippen LogP contribution in [0, 0.1) is 0 Å². The minimum absolute atomic E-state index is 0.0523. The van der Waals surface area contributed by atoms with Crippen LogP contribution in [-0.4, -0.2) is 50.3 Å². The normalized spacial score (nSPS) is 14.2. The summed E-state index contributed by atoms with van der Waals surface area (Å²) in [7, 11) is 0. The van der Waals surface area contributed by atoms with Crippen LogP contribution in [0.2, 0.25) is 0 Å². The molecule has 25 heavy (non-hydrogen) atoms. The van der Waals surface area contributed by atoms with Crippen molar-refractivity contribution in [3.05, 3.63) is 54.4 Å². The quantitative estimate of drug-likeness (QED) is 0.782. The molecule has 1 N–H and O–H groups in total. The van der Waals surface area contributed by atoms with Crippen LogP contribution >= 0.6 is 0 Å². The van der Waals surface area contributed by atoms with E-state index in [-0.39, 0.29) is 5.91 Å². The number of para-hydroxylation sites is 1. The molecule has 1 amide bonds. The smallest absolute Gasteiger partial charge is 0.253 e. The molecule has 1 fully saturated rings. The van der Waals surface area contributed by atoms with Crippen molar-refractivity contribution in [1.82, 2.24) is 10.3 Å². The summed E-state index contributed by atoms with van der Waals surface area (Å²) in [5, 5.41) is 2.97. The van der Waals surface area contributed by atoms with Gasteiger partial charge in [0.05, 0.1) is 31.6 Å². The Morgan fingerprint density at radius 2 is 2.04 bits per heavy atom. The predicted molar refractivity (Wildman–Crippen MR) is 96.2 cm³/mol. The lowest BCUT2D eigenvalue weighted by Crippen LogP contribution is -2.38. The number of benzene rings is 1. The summed E-state index contributed by atoms with van der Waals surface area (Å²) in [5.74, 6) is 0.690. The molecule has 2 aromatic rings. The number of nitrogens with one attached hydrogen (secondary N) is 1. The van der Waals surface area contributed by atoms with Gasteiger partial charge in [0.2, 0.25) is 0 Å². The predicted octanol–water partition coefficient (Wildman–Crippen LogP) is 2.12. The monoisotopic (exact) mass is 341 g/mol. The summed E-state index contributed by atoms with van der Waals surface area (Å²) < 4.78 is 11.0. The molecule has 132 valence electrons. The van der Waals surface area contributed by atoms with Crippen molar-refractivity contribution in [2.24, 2.45) is 0 Å². The van der Waals surface area contributed by atoms with Crippen molar-refractivity contribution >= 4 is 11.6 Å². The van der Waals surface area contributed by atoms with Gasteiger partial charge >= 0.3 is 0 Å². The van der Waals surface area contributed by atoms with Crippen LogP contribution in [0.1, 0.15) is 16.8 Å². The van der Waals surface area contributed by atoms with Gasteiger partial charge in [-0.05, 0) is 30.7 Å². The van der Waals surface area contributed by atoms with Crippen molar-refractivity contribution in [3.63, 3.8) is 0 Å². The molecule has 0 spiro atoms. The van der Waals surface area contributed by atoms with Gasteiger partial charge in [-0.2, -0.15) is 0 Å². The van der Waals surface area contributed by atoms with Crippen LogP contribution in [0.15, 0.2) is 48.8 Å². The zero-order valence-electron chi connectivity index (χ0n) is 14.2. The number of morpholine rings is 1. The first-order chi connectivity index (χ1) is 12.3. The van der Waals surface area contributed by atoms with E-state index < -0.39 is 0 Å². The number of aromatic nitrogens is 1. The van der Waals surface area contributed by atoms with E-state index in [0.29, 0.717) is 31.9 Å². The molecule has 0 unspecified atom stereocenters. The van der Waals surface area contributed by atoms with Gasteiger partial charge in [-0.25, -0.2) is 0 Å². The highest BCUT2D eigenvalue weighted by Crippen LogP contribution is 2.21. The van der Waals surface area contributed by atoms with Crippen LogP contribution in [0.3, 0.4) is 0 Å². The molecule has 3 rings (SSSR count). The molecule has 1 aliphatic heterocycles. The first-order valence-corrected chi connectivity index (χ1v) is 8.57. The standard InChI is InChI=1S/C19H23N3O3/c23-19(21-9-4-12-25-16-5-3-8-20-15-16)17-6-1-2-7-18(17)22-10-13-24-14-11-22/h1-3,5-8,15H,4,9-14H2,(H,21,23). The highest BCUT2D eigenvalue weighted by atomic mass is 16.5. The van der Waals surface area contributed by atoms with Gasteiger partial charge in [-0.1, -0.05) is 12.1 Å². The lowest BCUT2D eigenvalue weighted by molar-refractivity contribution is 0.0950. The molecule has 2 heterocycles. The Bertz CT molecular complexity index is 673. The molecule has 0 aliphatic carbocycles. The number of rotatable bonds is 7. The molecule has 1 aliphatic rings. The summed E-state index contributed by atoms with van der Waals surface area (Å²) >= 11 is 0. The molecule has 1 aromatic carbocycles. The second kappa shape index (κ2) is 9.03. The highest BCUT2D eigenvalue weighted by Gasteiger charge is 2.17. The highest BCUT2D eigenvalue weighted by molar-refractivity contribution is 5.99. The van der Waals surface area contributed by atoms with E-state index in [1.165, 1.54) is 0 Å². The fraction of sp³-hybridized carbons (Fsp3) is 0.368. The number of amides is 1. The molecular weight excluding hydrogens is 318 g/mol. The Kier molecular flexibility index (Phi) is 6.23. The van der Waals surface area contributed by atoms with E-state index in [2.05, 4.69) is 15.2 Å². The van der Waals surface area contributed by atoms with E-state index in [0.717, 1.165) is 30.9 Å². The molecular formula is C19H23N3O3. The minimum atomic E-state index is -0.0523. The van der Waals surface area contributed by atoms with Crippen LogP contribution in [0.25, 0.3) is 0 Å². The van der Waals surface area contributed by atoms with E-state index in [1.807, 2.05) is 36.4 Å². The van der Waals surface area contributed by atoms with Gasteiger partial charge in [0.25, 0.3) is 5.91 Å². The number of pyridine rings is 1. The first kappa shape index (κ1) is 17.2. The number of anilines is 1. The van der Waals surface area contributed by atoms with Crippen molar-refractivity contribution < 1.29 is 14.3 Å². The summed E-state index contributed by atoms with van der Waals surface area (Å²) in [5.41, 5.74) is 1.67. The first-order valence-electron chi connectivity index (χ1n) is 8.57. The van der Waals surface area contributed by atoms with Gasteiger partial charge in [-0.3, -0.25) is 9.78 Å². The van der Waals surface area contributed by atoms with E-state index >= 15 is 0 Å². The summed E-state index contributed by atoms with van der Waals surface area (Å²) in [6.45, 7) is 4.11. The Morgan fingerprint density at radius 1 is 1.20 bits per heavy atom. The number of ether oxygens (including phenoxy) is 2. The van der Waals surface area contributed by atoms with Crippen LogP contribution in [0.4, 0.5) is 5.69 Å². The molecule has 1 saturated heterocycles. The van der Waals surface area contributed by atoms with Crippen molar-refractivity contribution in [1.29, 1.82) is 0 Å². The lowest BCUT2D eigenvalue weighted by Gasteiger charge is -2.30. The molecule has 0 bridgehead atoms. The maximum absolute atomic E-state index is 12.5. The van der Waals surface area contributed by atoms with E-state index in [1.54, 1.807) is 12.4 Å². The molecule has 0 atom stereocenters. The van der Waals surface area contributed by atoms with Crippen LogP contribution in [0.5, 0.6) is 5.75 Å². The van der Waals surface area contributed by atoms with Gasteiger partial charge in [0.15, 0.2) is 0 Å². The summed E-state index contributed by atoms with van der Waals surface area (Å²) in [4.78, 5) is 18.7. The third-order valence-electron chi connectivity index (χ3n) is 4.01. The second-order valence-electron chi connectivity index (χ2n) is 5.76. The summed E-state index contributed by atoms with van der Waals surface area (Å²) in [6.07, 6.45) is 4.12. The third-order valence-corrected chi connectivity index (χ3v) is 4.01. The molecule has 0 saturated carbocycles. The van der Waals surface area contributed by atoms with Crippen LogP contribution < -0.4 is 15.0 Å². The van der Waals surface area contributed by atoms with Crippen molar-refractivity contribution in [2.75, 3.05) is 44.4 Å². The number of hydrogen-bond donors (Lipinski definition) is 1. The van der Waals surface area contributed by atoms with E-state index in [9.17, 15) is 4.79 Å². The zero-order chi connectivity index (χ0) is 17.3. The SMILES string of the molecule is O=C(NCCCOc1cccnc1)c1ccccc1N1CCOCC1. The van der Waals surface area contributed by atoms with Gasteiger partial charge in [0.1, 0.15) is 5.75 Å². The van der Waals surface area contributed by atoms with Crippen molar-refractivity contribution in [2.45, 2.75) is 6.42 Å². The van der Waals surface area contributed by atoms with E-state index in [4.69, 9.17) is 9.47 Å². The largest absolute Gasteiger partial charge is 0.492 e. The zero-order valence-corrected chi connectivity index (χ0v) is 14.2. The molecule has 0 radical (unpaired) electrons.